The minimum absolute atomic E-state index is 0.0359. The molecule has 0 atom stereocenters. The lowest BCUT2D eigenvalue weighted by Crippen LogP contribution is -2.47. The van der Waals surface area contributed by atoms with Crippen LogP contribution >= 0.6 is 11.3 Å². The van der Waals surface area contributed by atoms with Gasteiger partial charge in [-0.05, 0) is 74.2 Å². The van der Waals surface area contributed by atoms with Crippen LogP contribution in [-0.4, -0.2) is 20.9 Å². The number of primary sulfonamides is 1. The molecule has 4 aliphatic rings. The van der Waals surface area contributed by atoms with Gasteiger partial charge < -0.3 is 5.32 Å². The van der Waals surface area contributed by atoms with E-state index in [4.69, 9.17) is 5.14 Å². The molecule has 24 heavy (non-hydrogen) atoms. The second-order valence-electron chi connectivity index (χ2n) is 8.12. The fourth-order valence-corrected chi connectivity index (χ4v) is 7.31. The van der Waals surface area contributed by atoms with Gasteiger partial charge in [0.25, 0.3) is 5.91 Å². The molecule has 1 amide bonds. The third kappa shape index (κ3) is 3.13. The van der Waals surface area contributed by atoms with E-state index in [2.05, 4.69) is 5.32 Å². The van der Waals surface area contributed by atoms with Crippen molar-refractivity contribution in [3.8, 4) is 0 Å². The molecule has 4 saturated carbocycles. The number of carbonyl (C=O) groups is 1. The van der Waals surface area contributed by atoms with Crippen molar-refractivity contribution in [1.82, 2.24) is 5.32 Å². The highest BCUT2D eigenvalue weighted by Crippen LogP contribution is 2.61. The number of nitrogens with one attached hydrogen (secondary N) is 1. The predicted octanol–water partition coefficient (Wildman–Crippen LogP) is 2.73. The molecule has 1 aromatic rings. The van der Waals surface area contributed by atoms with E-state index < -0.39 is 10.0 Å². The monoisotopic (exact) mass is 368 g/mol. The molecule has 1 aromatic heterocycles. The SMILES string of the molecule is NS(=O)(=O)c1cc(C(=O)NCCC23CC4CC(CC(C4)C2)C3)cs1. The van der Waals surface area contributed by atoms with E-state index in [0.717, 1.165) is 35.5 Å². The lowest BCUT2D eigenvalue weighted by atomic mass is 9.49. The lowest BCUT2D eigenvalue weighted by molar-refractivity contribution is -0.0564. The second kappa shape index (κ2) is 5.81. The highest BCUT2D eigenvalue weighted by atomic mass is 32.2. The van der Waals surface area contributed by atoms with E-state index in [1.54, 1.807) is 5.38 Å². The largest absolute Gasteiger partial charge is 0.352 e. The smallest absolute Gasteiger partial charge is 0.252 e. The highest BCUT2D eigenvalue weighted by Gasteiger charge is 2.50. The molecule has 0 aromatic carbocycles. The van der Waals surface area contributed by atoms with Crippen LogP contribution in [0.15, 0.2) is 15.7 Å². The normalized spacial score (nSPS) is 34.5. The van der Waals surface area contributed by atoms with Crippen LogP contribution < -0.4 is 10.5 Å². The van der Waals surface area contributed by atoms with Crippen molar-refractivity contribution < 1.29 is 13.2 Å². The summed E-state index contributed by atoms with van der Waals surface area (Å²) in [5.74, 6) is 2.55. The maximum Gasteiger partial charge on any atom is 0.252 e. The average molecular weight is 369 g/mol. The Balaban J connectivity index is 1.34. The Labute approximate surface area is 147 Å². The first-order valence-corrected chi connectivity index (χ1v) is 11.2. The number of nitrogens with two attached hydrogens (primary N) is 1. The number of thiophene rings is 1. The minimum atomic E-state index is -3.73. The summed E-state index contributed by atoms with van der Waals surface area (Å²) in [4.78, 5) is 12.2. The van der Waals surface area contributed by atoms with Gasteiger partial charge in [0.15, 0.2) is 0 Å². The molecular weight excluding hydrogens is 344 g/mol. The number of sulfonamides is 1. The van der Waals surface area contributed by atoms with Gasteiger partial charge in [0.1, 0.15) is 4.21 Å². The summed E-state index contributed by atoms with van der Waals surface area (Å²) in [5, 5.41) is 9.62. The Kier molecular flexibility index (Phi) is 4.01. The molecule has 0 saturated heterocycles. The minimum Gasteiger partial charge on any atom is -0.352 e. The zero-order chi connectivity index (χ0) is 16.9. The van der Waals surface area contributed by atoms with Crippen molar-refractivity contribution in [2.24, 2.45) is 28.3 Å². The van der Waals surface area contributed by atoms with Crippen molar-refractivity contribution in [3.05, 3.63) is 17.0 Å². The van der Waals surface area contributed by atoms with E-state index in [9.17, 15) is 13.2 Å². The molecule has 0 radical (unpaired) electrons. The molecular formula is C17H24N2O3S2. The third-order valence-corrected chi connectivity index (χ3v) is 8.61. The van der Waals surface area contributed by atoms with Crippen LogP contribution in [0.2, 0.25) is 0 Å². The van der Waals surface area contributed by atoms with Crippen LogP contribution in [0.25, 0.3) is 0 Å². The molecule has 0 aliphatic heterocycles. The van der Waals surface area contributed by atoms with Crippen LogP contribution in [-0.2, 0) is 10.0 Å². The molecule has 5 nitrogen and oxygen atoms in total. The van der Waals surface area contributed by atoms with Gasteiger partial charge in [0.2, 0.25) is 10.0 Å². The van der Waals surface area contributed by atoms with E-state index in [0.29, 0.717) is 17.5 Å². The molecule has 3 N–H and O–H groups in total. The van der Waals surface area contributed by atoms with Crippen molar-refractivity contribution in [1.29, 1.82) is 0 Å². The predicted molar refractivity (Wildman–Crippen MR) is 93.2 cm³/mol. The number of rotatable bonds is 5. The van der Waals surface area contributed by atoms with Crippen molar-refractivity contribution in [3.63, 3.8) is 0 Å². The average Bonchev–Trinajstić information content (AvgIpc) is 2.95. The Hall–Kier alpha value is -0.920. The van der Waals surface area contributed by atoms with Crippen LogP contribution in [0.5, 0.6) is 0 Å². The van der Waals surface area contributed by atoms with Crippen LogP contribution in [0.4, 0.5) is 0 Å². The Bertz CT molecular complexity index is 718. The number of amides is 1. The van der Waals surface area contributed by atoms with Crippen molar-refractivity contribution >= 4 is 27.3 Å². The summed E-state index contributed by atoms with van der Waals surface area (Å²) < 4.78 is 22.6. The van der Waals surface area contributed by atoms with Crippen molar-refractivity contribution in [2.45, 2.75) is 49.2 Å². The number of hydrogen-bond acceptors (Lipinski definition) is 4. The zero-order valence-corrected chi connectivity index (χ0v) is 15.3. The topological polar surface area (TPSA) is 89.3 Å². The maximum atomic E-state index is 12.2. The van der Waals surface area contributed by atoms with Crippen LogP contribution in [0.3, 0.4) is 0 Å². The summed E-state index contributed by atoms with van der Waals surface area (Å²) >= 11 is 0.992. The molecule has 4 fully saturated rings. The first-order valence-electron chi connectivity index (χ1n) is 8.73. The highest BCUT2D eigenvalue weighted by molar-refractivity contribution is 7.91. The number of carbonyl (C=O) groups excluding carboxylic acids is 1. The Morgan fingerprint density at radius 3 is 2.29 bits per heavy atom. The summed E-state index contributed by atoms with van der Waals surface area (Å²) in [5.41, 5.74) is 0.831. The van der Waals surface area contributed by atoms with Gasteiger partial charge in [-0.25, -0.2) is 13.6 Å². The molecule has 1 heterocycles. The molecule has 7 heteroatoms. The zero-order valence-electron chi connectivity index (χ0n) is 13.7. The van der Waals surface area contributed by atoms with Crippen LogP contribution in [0.1, 0.15) is 55.3 Å². The van der Waals surface area contributed by atoms with Gasteiger partial charge in [-0.1, -0.05) is 0 Å². The summed E-state index contributed by atoms with van der Waals surface area (Å²) in [6.07, 6.45) is 9.34. The first kappa shape index (κ1) is 16.5. The van der Waals surface area contributed by atoms with Crippen molar-refractivity contribution in [2.75, 3.05) is 6.54 Å². The first-order chi connectivity index (χ1) is 11.3. The van der Waals surface area contributed by atoms with Gasteiger partial charge >= 0.3 is 0 Å². The molecule has 0 spiro atoms. The standard InChI is InChI=1S/C17H24N2O3S2/c18-24(21,22)15-6-14(10-23-15)16(20)19-2-1-17-7-11-3-12(8-17)5-13(4-11)9-17/h6,10-13H,1-5,7-9H2,(H,19,20)(H2,18,21,22). The fraction of sp³-hybridized carbons (Fsp3) is 0.706. The second-order valence-corrected chi connectivity index (χ2v) is 10.8. The Morgan fingerprint density at radius 2 is 1.79 bits per heavy atom. The van der Waals surface area contributed by atoms with E-state index in [-0.39, 0.29) is 10.1 Å². The summed E-state index contributed by atoms with van der Waals surface area (Å²) in [6, 6.07) is 1.36. The molecule has 4 bridgehead atoms. The number of hydrogen-bond donors (Lipinski definition) is 2. The molecule has 0 unspecified atom stereocenters. The van der Waals surface area contributed by atoms with Gasteiger partial charge in [-0.3, -0.25) is 4.79 Å². The van der Waals surface area contributed by atoms with Gasteiger partial charge in [-0.2, -0.15) is 0 Å². The molecule has 132 valence electrons. The summed E-state index contributed by atoms with van der Waals surface area (Å²) in [6.45, 7) is 0.672. The summed E-state index contributed by atoms with van der Waals surface area (Å²) in [7, 11) is -3.73. The van der Waals surface area contributed by atoms with Crippen LogP contribution in [0, 0.1) is 23.2 Å². The van der Waals surface area contributed by atoms with E-state index >= 15 is 0 Å². The molecule has 5 rings (SSSR count). The van der Waals surface area contributed by atoms with Gasteiger partial charge in [0.05, 0.1) is 5.56 Å². The van der Waals surface area contributed by atoms with Gasteiger partial charge in [0, 0.05) is 11.9 Å². The quantitative estimate of drug-likeness (QED) is 0.837. The maximum absolute atomic E-state index is 12.2. The Morgan fingerprint density at radius 1 is 1.21 bits per heavy atom. The van der Waals surface area contributed by atoms with E-state index in [1.807, 2.05) is 0 Å². The van der Waals surface area contributed by atoms with Gasteiger partial charge in [-0.15, -0.1) is 11.3 Å². The lowest BCUT2D eigenvalue weighted by Gasteiger charge is -2.57. The molecule has 4 aliphatic carbocycles. The third-order valence-electron chi connectivity index (χ3n) is 6.22. The van der Waals surface area contributed by atoms with E-state index in [1.165, 1.54) is 44.6 Å². The fourth-order valence-electron chi connectivity index (χ4n) is 5.72.